The summed E-state index contributed by atoms with van der Waals surface area (Å²) >= 11 is 5.86. The highest BCUT2D eigenvalue weighted by atomic mass is 35.5. The molecular formula is C11H14ClNO3. The van der Waals surface area contributed by atoms with Crippen LogP contribution in [0.25, 0.3) is 0 Å². The van der Waals surface area contributed by atoms with Gasteiger partial charge in [0.1, 0.15) is 0 Å². The number of carbonyl (C=O) groups is 1. The van der Waals surface area contributed by atoms with E-state index in [9.17, 15) is 4.79 Å². The summed E-state index contributed by atoms with van der Waals surface area (Å²) in [5.41, 5.74) is 6.14. The van der Waals surface area contributed by atoms with Crippen molar-refractivity contribution in [1.29, 1.82) is 0 Å². The van der Waals surface area contributed by atoms with Crippen molar-refractivity contribution in [1.82, 2.24) is 0 Å². The summed E-state index contributed by atoms with van der Waals surface area (Å²) in [6, 6.07) is 4.79. The van der Waals surface area contributed by atoms with Crippen LogP contribution >= 0.6 is 11.6 Å². The Labute approximate surface area is 99.0 Å². The van der Waals surface area contributed by atoms with Crippen LogP contribution in [0.1, 0.15) is 17.3 Å². The number of carbonyl (C=O) groups excluding carboxylic acids is 1. The summed E-state index contributed by atoms with van der Waals surface area (Å²) < 4.78 is 4.98. The largest absolute Gasteiger partial charge is 0.462 e. The lowest BCUT2D eigenvalue weighted by atomic mass is 10.2. The van der Waals surface area contributed by atoms with Gasteiger partial charge >= 0.3 is 5.97 Å². The molecule has 0 amide bonds. The molecule has 5 heteroatoms. The Kier molecular flexibility index (Phi) is 4.58. The number of benzene rings is 1. The molecule has 0 spiro atoms. The number of hydrogen-bond donors (Lipinski definition) is 2. The van der Waals surface area contributed by atoms with Crippen LogP contribution in [0, 0.1) is 5.92 Å². The monoisotopic (exact) mass is 243 g/mol. The van der Waals surface area contributed by atoms with Gasteiger partial charge in [-0.1, -0.05) is 24.6 Å². The van der Waals surface area contributed by atoms with E-state index in [1.165, 1.54) is 0 Å². The smallest absolute Gasteiger partial charge is 0.339 e. The molecule has 0 heterocycles. The third kappa shape index (κ3) is 3.12. The maximum atomic E-state index is 11.6. The van der Waals surface area contributed by atoms with Crippen LogP contribution in [-0.2, 0) is 4.74 Å². The van der Waals surface area contributed by atoms with Gasteiger partial charge in [-0.25, -0.2) is 4.79 Å². The second-order valence-electron chi connectivity index (χ2n) is 3.59. The van der Waals surface area contributed by atoms with E-state index in [4.69, 9.17) is 27.2 Å². The van der Waals surface area contributed by atoms with Gasteiger partial charge in [0.05, 0.1) is 22.9 Å². The summed E-state index contributed by atoms with van der Waals surface area (Å²) in [7, 11) is 0. The van der Waals surface area contributed by atoms with Crippen LogP contribution in [0.15, 0.2) is 18.2 Å². The lowest BCUT2D eigenvalue weighted by Crippen LogP contribution is -2.15. The van der Waals surface area contributed by atoms with Crippen molar-refractivity contribution in [2.24, 2.45) is 5.92 Å². The van der Waals surface area contributed by atoms with Crippen molar-refractivity contribution < 1.29 is 14.6 Å². The van der Waals surface area contributed by atoms with E-state index in [1.807, 2.05) is 0 Å². The number of rotatable bonds is 4. The molecule has 0 aliphatic rings. The minimum Gasteiger partial charge on any atom is -0.462 e. The van der Waals surface area contributed by atoms with E-state index in [0.717, 1.165) is 0 Å². The van der Waals surface area contributed by atoms with Gasteiger partial charge in [-0.3, -0.25) is 0 Å². The molecule has 0 fully saturated rings. The first-order valence-corrected chi connectivity index (χ1v) is 5.26. The Morgan fingerprint density at radius 1 is 1.62 bits per heavy atom. The van der Waals surface area contributed by atoms with E-state index in [-0.39, 0.29) is 29.7 Å². The molecule has 1 atom stereocenters. The number of aliphatic hydroxyl groups excluding tert-OH is 1. The highest BCUT2D eigenvalue weighted by molar-refractivity contribution is 6.36. The molecule has 16 heavy (non-hydrogen) atoms. The molecule has 0 saturated carbocycles. The summed E-state index contributed by atoms with van der Waals surface area (Å²) in [6.07, 6.45) is 0. The first-order valence-electron chi connectivity index (χ1n) is 4.88. The predicted molar refractivity (Wildman–Crippen MR) is 62.4 cm³/mol. The number of ether oxygens (including phenoxy) is 1. The molecule has 0 aromatic heterocycles. The summed E-state index contributed by atoms with van der Waals surface area (Å²) in [4.78, 5) is 11.6. The average molecular weight is 244 g/mol. The van der Waals surface area contributed by atoms with E-state index in [1.54, 1.807) is 25.1 Å². The number of nitrogens with two attached hydrogens (primary N) is 1. The van der Waals surface area contributed by atoms with E-state index in [2.05, 4.69) is 0 Å². The van der Waals surface area contributed by atoms with Crippen molar-refractivity contribution in [2.75, 3.05) is 18.9 Å². The normalized spacial score (nSPS) is 12.2. The molecule has 0 aliphatic carbocycles. The van der Waals surface area contributed by atoms with E-state index in [0.29, 0.717) is 5.69 Å². The van der Waals surface area contributed by atoms with Crippen LogP contribution in [-0.4, -0.2) is 24.3 Å². The highest BCUT2D eigenvalue weighted by Crippen LogP contribution is 2.23. The molecule has 3 N–H and O–H groups in total. The van der Waals surface area contributed by atoms with E-state index >= 15 is 0 Å². The molecule has 0 aliphatic heterocycles. The fourth-order valence-electron chi connectivity index (χ4n) is 1.06. The van der Waals surface area contributed by atoms with Crippen LogP contribution in [0.5, 0.6) is 0 Å². The van der Waals surface area contributed by atoms with Crippen molar-refractivity contribution >= 4 is 23.3 Å². The SMILES string of the molecule is CC(CO)COC(=O)c1cccc(N)c1Cl. The molecule has 1 aromatic rings. The average Bonchev–Trinajstić information content (AvgIpc) is 2.29. The first-order chi connectivity index (χ1) is 7.56. The van der Waals surface area contributed by atoms with Gasteiger partial charge in [0.25, 0.3) is 0 Å². The van der Waals surface area contributed by atoms with Crippen LogP contribution < -0.4 is 5.73 Å². The Hall–Kier alpha value is -1.26. The van der Waals surface area contributed by atoms with Crippen LogP contribution in [0.2, 0.25) is 5.02 Å². The first kappa shape index (κ1) is 12.8. The van der Waals surface area contributed by atoms with E-state index < -0.39 is 5.97 Å². The number of nitrogen functional groups attached to an aromatic ring is 1. The molecule has 0 bridgehead atoms. The lowest BCUT2D eigenvalue weighted by molar-refractivity contribution is 0.0405. The second-order valence-corrected chi connectivity index (χ2v) is 3.97. The molecule has 0 radical (unpaired) electrons. The van der Waals surface area contributed by atoms with Crippen molar-refractivity contribution in [2.45, 2.75) is 6.92 Å². The molecule has 1 unspecified atom stereocenters. The summed E-state index contributed by atoms with van der Waals surface area (Å²) in [6.45, 7) is 1.90. The zero-order valence-corrected chi connectivity index (χ0v) is 9.70. The maximum Gasteiger partial charge on any atom is 0.339 e. The Bertz CT molecular complexity index is 381. The quantitative estimate of drug-likeness (QED) is 0.624. The fraction of sp³-hybridized carbons (Fsp3) is 0.364. The predicted octanol–water partition coefficient (Wildman–Crippen LogP) is 1.71. The topological polar surface area (TPSA) is 72.5 Å². The number of anilines is 1. The number of halogens is 1. The third-order valence-corrected chi connectivity index (χ3v) is 2.48. The molecule has 1 rings (SSSR count). The molecular weight excluding hydrogens is 230 g/mol. The van der Waals surface area contributed by atoms with Gasteiger partial charge in [-0.15, -0.1) is 0 Å². The van der Waals surface area contributed by atoms with Crippen molar-refractivity contribution in [3.63, 3.8) is 0 Å². The van der Waals surface area contributed by atoms with Gasteiger partial charge in [0.2, 0.25) is 0 Å². The van der Waals surface area contributed by atoms with Crippen molar-refractivity contribution in [3.05, 3.63) is 28.8 Å². The highest BCUT2D eigenvalue weighted by Gasteiger charge is 2.14. The van der Waals surface area contributed by atoms with Gasteiger partial charge in [0.15, 0.2) is 0 Å². The minimum absolute atomic E-state index is 0.0298. The van der Waals surface area contributed by atoms with Crippen molar-refractivity contribution in [3.8, 4) is 0 Å². The van der Waals surface area contributed by atoms with Gasteiger partial charge in [-0.05, 0) is 12.1 Å². The van der Waals surface area contributed by atoms with Gasteiger partial charge < -0.3 is 15.6 Å². The molecule has 88 valence electrons. The zero-order valence-electron chi connectivity index (χ0n) is 8.94. The standard InChI is InChI=1S/C11H14ClNO3/c1-7(5-14)6-16-11(15)8-3-2-4-9(13)10(8)12/h2-4,7,14H,5-6,13H2,1H3. The lowest BCUT2D eigenvalue weighted by Gasteiger charge is -2.10. The minimum atomic E-state index is -0.530. The van der Waals surface area contributed by atoms with Crippen LogP contribution in [0.4, 0.5) is 5.69 Å². The third-order valence-electron chi connectivity index (χ3n) is 2.06. The number of hydrogen-bond acceptors (Lipinski definition) is 4. The Balaban J connectivity index is 2.70. The van der Waals surface area contributed by atoms with Gasteiger partial charge in [-0.2, -0.15) is 0 Å². The second kappa shape index (κ2) is 5.72. The molecule has 1 aromatic carbocycles. The number of aliphatic hydroxyl groups is 1. The van der Waals surface area contributed by atoms with Crippen LogP contribution in [0.3, 0.4) is 0 Å². The Morgan fingerprint density at radius 3 is 2.94 bits per heavy atom. The summed E-state index contributed by atoms with van der Waals surface area (Å²) in [5, 5.41) is 8.98. The Morgan fingerprint density at radius 2 is 2.31 bits per heavy atom. The van der Waals surface area contributed by atoms with Gasteiger partial charge in [0, 0.05) is 12.5 Å². The number of esters is 1. The zero-order chi connectivity index (χ0) is 12.1. The fourth-order valence-corrected chi connectivity index (χ4v) is 1.26. The maximum absolute atomic E-state index is 11.6. The molecule has 0 saturated heterocycles. The summed E-state index contributed by atoms with van der Waals surface area (Å²) in [5.74, 6) is -0.624. The molecule has 4 nitrogen and oxygen atoms in total.